The average molecular weight is 603 g/mol. The summed E-state index contributed by atoms with van der Waals surface area (Å²) in [6, 6.07) is 9.02. The second kappa shape index (κ2) is 16.2. The van der Waals surface area contributed by atoms with Crippen LogP contribution in [0.15, 0.2) is 70.2 Å². The molecule has 0 amide bonds. The molecule has 2 aliphatic heterocycles. The van der Waals surface area contributed by atoms with Gasteiger partial charge >= 0.3 is 0 Å². The summed E-state index contributed by atoms with van der Waals surface area (Å²) in [5.74, 6) is 5.77. The van der Waals surface area contributed by atoms with Crippen molar-refractivity contribution in [2.45, 2.75) is 20.7 Å². The van der Waals surface area contributed by atoms with Crippen LogP contribution in [0.5, 0.6) is 0 Å². The van der Waals surface area contributed by atoms with Gasteiger partial charge in [-0.1, -0.05) is 60.9 Å². The second-order valence-corrected chi connectivity index (χ2v) is 16.4. The Morgan fingerprint density at radius 2 is 1.15 bits per heavy atom. The zero-order valence-electron chi connectivity index (χ0n) is 18.5. The molecule has 0 bridgehead atoms. The van der Waals surface area contributed by atoms with Gasteiger partial charge in [0.15, 0.2) is 0 Å². The minimum absolute atomic E-state index is 0.0430. The molecule has 0 aromatic heterocycles. The normalized spacial score (nSPS) is 19.5. The van der Waals surface area contributed by atoms with Gasteiger partial charge in [-0.25, -0.2) is 0 Å². The van der Waals surface area contributed by atoms with Crippen molar-refractivity contribution in [3.63, 3.8) is 0 Å². The van der Waals surface area contributed by atoms with Crippen molar-refractivity contribution in [3.05, 3.63) is 81.3 Å². The van der Waals surface area contributed by atoms with Crippen molar-refractivity contribution in [2.24, 2.45) is 0 Å². The van der Waals surface area contributed by atoms with E-state index in [-0.39, 0.29) is 10.2 Å². The minimum atomic E-state index is 0.0430. The maximum Gasteiger partial charge on any atom is 0.211 e. The fraction of sp³-hybridized carbons (Fsp3) is 0.333. The lowest BCUT2D eigenvalue weighted by Crippen LogP contribution is -1.98. The Labute approximate surface area is 237 Å². The van der Waals surface area contributed by atoms with Gasteiger partial charge in [-0.2, -0.15) is 23.5 Å². The summed E-state index contributed by atoms with van der Waals surface area (Å²) in [4.78, 5) is 25.3. The number of carbonyl (C=O) groups excluding carboxylic acids is 2. The van der Waals surface area contributed by atoms with Crippen molar-refractivity contribution >= 4 is 104 Å². The summed E-state index contributed by atoms with van der Waals surface area (Å²) in [5.41, 5.74) is 2.74. The topological polar surface area (TPSA) is 34.1 Å². The zero-order valence-corrected chi connectivity index (χ0v) is 25.0. The van der Waals surface area contributed by atoms with Gasteiger partial charge in [-0.15, -0.1) is 47.0 Å². The highest BCUT2D eigenvalue weighted by Gasteiger charge is 2.20. The van der Waals surface area contributed by atoms with E-state index in [1.807, 2.05) is 70.6 Å². The second-order valence-electron chi connectivity index (χ2n) is 7.01. The van der Waals surface area contributed by atoms with Gasteiger partial charge in [0.1, 0.15) is 0 Å². The Kier molecular flexibility index (Phi) is 13.8. The first-order chi connectivity index (χ1) is 16.6. The third kappa shape index (κ3) is 10.7. The Morgan fingerprint density at radius 3 is 1.53 bits per heavy atom. The summed E-state index contributed by atoms with van der Waals surface area (Å²) in [7, 11) is 0. The van der Waals surface area contributed by atoms with Crippen LogP contribution in [0.1, 0.15) is 11.1 Å². The molecule has 0 N–H and O–H groups in total. The molecule has 0 fully saturated rings. The van der Waals surface area contributed by atoms with E-state index in [0.29, 0.717) is 9.16 Å². The lowest BCUT2D eigenvalue weighted by atomic mass is 10.2. The fourth-order valence-electron chi connectivity index (χ4n) is 2.72. The van der Waals surface area contributed by atoms with E-state index in [2.05, 4.69) is 48.2 Å². The standard InChI is InChI=1S/C24H26O2S8/c1-3-21(25)29-11-19-13-31-23(33-19)15-27-9-17-5-7-18(8-6-17)10-28-16-24-32-14-20(34-24)12-30-22(26)4-2/h3-8,13-14,23-24H,1-2,9-12,15-16H2. The van der Waals surface area contributed by atoms with E-state index in [0.717, 1.165) is 34.5 Å². The predicted octanol–water partition coefficient (Wildman–Crippen LogP) is 8.34. The van der Waals surface area contributed by atoms with Crippen LogP contribution in [0.25, 0.3) is 0 Å². The third-order valence-corrected chi connectivity index (χ3v) is 14.9. The van der Waals surface area contributed by atoms with Gasteiger partial charge in [0.05, 0.1) is 9.16 Å². The SMILES string of the molecule is C=CC(=O)SCC1=CSC(CSCc2ccc(CSCC3SC=C(CSC(=O)C=C)S3)cc2)S1. The molecule has 0 spiro atoms. The van der Waals surface area contributed by atoms with E-state index < -0.39 is 0 Å². The van der Waals surface area contributed by atoms with Crippen LogP contribution in [-0.2, 0) is 21.1 Å². The zero-order chi connectivity index (χ0) is 24.2. The molecular formula is C24H26O2S8. The van der Waals surface area contributed by atoms with Crippen LogP contribution in [0.4, 0.5) is 0 Å². The highest BCUT2D eigenvalue weighted by atomic mass is 32.2. The van der Waals surface area contributed by atoms with Crippen molar-refractivity contribution < 1.29 is 9.59 Å². The van der Waals surface area contributed by atoms with Crippen LogP contribution in [-0.4, -0.2) is 42.4 Å². The molecule has 182 valence electrons. The van der Waals surface area contributed by atoms with E-state index >= 15 is 0 Å². The number of hydrogen-bond acceptors (Lipinski definition) is 10. The summed E-state index contributed by atoms with van der Waals surface area (Å²) in [6.07, 6.45) is 2.76. The van der Waals surface area contributed by atoms with Crippen molar-refractivity contribution in [1.82, 2.24) is 0 Å². The molecule has 0 aliphatic carbocycles. The molecule has 10 heteroatoms. The molecule has 3 rings (SSSR count). The average Bonchev–Trinajstić information content (AvgIpc) is 3.51. The first-order valence-corrected chi connectivity index (χ1v) is 18.3. The van der Waals surface area contributed by atoms with Gasteiger partial charge in [0, 0.05) is 44.3 Å². The monoisotopic (exact) mass is 602 g/mol. The number of carbonyl (C=O) groups is 2. The molecule has 2 unspecified atom stereocenters. The van der Waals surface area contributed by atoms with Gasteiger partial charge in [0.25, 0.3) is 0 Å². The molecule has 34 heavy (non-hydrogen) atoms. The minimum Gasteiger partial charge on any atom is -0.282 e. The largest absolute Gasteiger partial charge is 0.282 e. The Bertz CT molecular complexity index is 850. The van der Waals surface area contributed by atoms with Gasteiger partial charge in [0.2, 0.25) is 10.2 Å². The highest BCUT2D eigenvalue weighted by Crippen LogP contribution is 2.44. The number of benzene rings is 1. The van der Waals surface area contributed by atoms with E-state index in [9.17, 15) is 9.59 Å². The summed E-state index contributed by atoms with van der Waals surface area (Å²) >= 11 is 14.1. The van der Waals surface area contributed by atoms with Gasteiger partial charge < -0.3 is 0 Å². The van der Waals surface area contributed by atoms with Crippen LogP contribution in [0.3, 0.4) is 0 Å². The van der Waals surface area contributed by atoms with Gasteiger partial charge in [-0.3, -0.25) is 9.59 Å². The van der Waals surface area contributed by atoms with Crippen LogP contribution in [0, 0.1) is 0 Å². The Hall–Kier alpha value is 0.320. The van der Waals surface area contributed by atoms with E-state index in [1.54, 1.807) is 0 Å². The number of hydrogen-bond donors (Lipinski definition) is 0. The summed E-state index contributed by atoms with van der Waals surface area (Å²) in [5, 5.41) is 4.49. The molecule has 1 aromatic rings. The van der Waals surface area contributed by atoms with Crippen molar-refractivity contribution in [1.29, 1.82) is 0 Å². The number of rotatable bonds is 14. The third-order valence-electron chi connectivity index (χ3n) is 4.38. The van der Waals surface area contributed by atoms with Gasteiger partial charge in [-0.05, 0) is 34.1 Å². The first kappa shape index (κ1) is 28.9. The smallest absolute Gasteiger partial charge is 0.211 e. The van der Waals surface area contributed by atoms with Crippen LogP contribution < -0.4 is 0 Å². The summed E-state index contributed by atoms with van der Waals surface area (Å²) in [6.45, 7) is 7.04. The lowest BCUT2D eigenvalue weighted by molar-refractivity contribution is -0.107. The first-order valence-electron chi connectivity index (χ1n) is 10.4. The number of thioether (sulfide) groups is 8. The van der Waals surface area contributed by atoms with Crippen molar-refractivity contribution in [3.8, 4) is 0 Å². The molecule has 2 heterocycles. The molecule has 0 saturated carbocycles. The maximum atomic E-state index is 11.4. The van der Waals surface area contributed by atoms with Crippen LogP contribution >= 0.6 is 94.1 Å². The molecule has 1 aromatic carbocycles. The Morgan fingerprint density at radius 1 is 0.735 bits per heavy atom. The lowest BCUT2D eigenvalue weighted by Gasteiger charge is -2.10. The molecule has 2 aliphatic rings. The molecule has 0 saturated heterocycles. The van der Waals surface area contributed by atoms with E-state index in [4.69, 9.17) is 0 Å². The van der Waals surface area contributed by atoms with E-state index in [1.165, 1.54) is 56.6 Å². The fourth-order valence-corrected chi connectivity index (χ4v) is 12.3. The summed E-state index contributed by atoms with van der Waals surface area (Å²) < 4.78 is 1.08. The molecule has 0 radical (unpaired) electrons. The quantitative estimate of drug-likeness (QED) is 0.194. The molecule has 2 nitrogen and oxygen atoms in total. The molecular weight excluding hydrogens is 577 g/mol. The highest BCUT2D eigenvalue weighted by molar-refractivity contribution is 8.25. The van der Waals surface area contributed by atoms with Crippen molar-refractivity contribution in [2.75, 3.05) is 23.0 Å². The maximum absolute atomic E-state index is 11.4. The van der Waals surface area contributed by atoms with Crippen LogP contribution in [0.2, 0.25) is 0 Å². The molecule has 2 atom stereocenters. The predicted molar refractivity (Wildman–Crippen MR) is 168 cm³/mol. The Balaban J connectivity index is 1.25.